The van der Waals surface area contributed by atoms with Crippen molar-refractivity contribution in [3.05, 3.63) is 0 Å². The first-order valence-corrected chi connectivity index (χ1v) is 5.50. The van der Waals surface area contributed by atoms with E-state index in [0.717, 1.165) is 0 Å². The van der Waals surface area contributed by atoms with Gasteiger partial charge in [-0.1, -0.05) is 34.1 Å². The molecule has 0 aromatic carbocycles. The van der Waals surface area contributed by atoms with Crippen LogP contribution < -0.4 is 0 Å². The summed E-state index contributed by atoms with van der Waals surface area (Å²) in [5.41, 5.74) is 0. The van der Waals surface area contributed by atoms with Crippen molar-refractivity contribution < 1.29 is 9.59 Å². The zero-order chi connectivity index (χ0) is 11.6. The lowest BCUT2D eigenvalue weighted by Crippen LogP contribution is -2.28. The van der Waals surface area contributed by atoms with Crippen molar-refractivity contribution in [2.45, 2.75) is 53.9 Å². The SMILES string of the molecule is CC.CCC.CCN1C(=O)CCC1=O. The van der Waals surface area contributed by atoms with E-state index < -0.39 is 0 Å². The Morgan fingerprint density at radius 2 is 1.29 bits per heavy atom. The lowest BCUT2D eigenvalue weighted by Gasteiger charge is -2.08. The van der Waals surface area contributed by atoms with Gasteiger partial charge in [-0.2, -0.15) is 0 Å². The van der Waals surface area contributed by atoms with Crippen molar-refractivity contribution in [2.24, 2.45) is 0 Å². The van der Waals surface area contributed by atoms with Crippen LogP contribution >= 0.6 is 0 Å². The molecule has 0 atom stereocenters. The molecule has 0 aromatic heterocycles. The average molecular weight is 201 g/mol. The molecule has 1 aliphatic heterocycles. The fourth-order valence-electron chi connectivity index (χ4n) is 0.976. The molecule has 84 valence electrons. The predicted octanol–water partition coefficient (Wildman–Crippen LogP) is 2.60. The fourth-order valence-corrected chi connectivity index (χ4v) is 0.976. The van der Waals surface area contributed by atoms with Crippen LogP contribution in [0.15, 0.2) is 0 Å². The molecule has 0 saturated carbocycles. The molecule has 0 bridgehead atoms. The van der Waals surface area contributed by atoms with Crippen molar-refractivity contribution in [3.63, 3.8) is 0 Å². The van der Waals surface area contributed by atoms with Gasteiger partial charge in [0.15, 0.2) is 0 Å². The Bertz CT molecular complexity index is 151. The van der Waals surface area contributed by atoms with Crippen LogP contribution in [0.25, 0.3) is 0 Å². The van der Waals surface area contributed by atoms with E-state index in [-0.39, 0.29) is 11.8 Å². The van der Waals surface area contributed by atoms with E-state index in [1.165, 1.54) is 11.3 Å². The molecule has 1 aliphatic rings. The van der Waals surface area contributed by atoms with Gasteiger partial charge < -0.3 is 0 Å². The van der Waals surface area contributed by atoms with Crippen LogP contribution in [0.2, 0.25) is 0 Å². The molecule has 0 aromatic rings. The van der Waals surface area contributed by atoms with E-state index in [1.807, 2.05) is 13.8 Å². The normalized spacial score (nSPS) is 14.2. The smallest absolute Gasteiger partial charge is 0.229 e. The maximum absolute atomic E-state index is 10.7. The van der Waals surface area contributed by atoms with Crippen LogP contribution in [0.1, 0.15) is 53.9 Å². The predicted molar refractivity (Wildman–Crippen MR) is 58.9 cm³/mol. The summed E-state index contributed by atoms with van der Waals surface area (Å²) in [6.07, 6.45) is 2.07. The van der Waals surface area contributed by atoms with E-state index in [1.54, 1.807) is 6.92 Å². The molecule has 0 radical (unpaired) electrons. The highest BCUT2D eigenvalue weighted by Crippen LogP contribution is 2.09. The molecular weight excluding hydrogens is 178 g/mol. The standard InChI is InChI=1S/C6H9NO2.C3H8.C2H6/c1-2-7-5(8)3-4-6(7)9;1-3-2;1-2/h2-4H2,1H3;3H2,1-2H3;1-2H3. The largest absolute Gasteiger partial charge is 0.283 e. The molecule has 0 N–H and O–H groups in total. The summed E-state index contributed by atoms with van der Waals surface area (Å²) in [5, 5.41) is 0. The number of nitrogens with zero attached hydrogens (tertiary/aromatic N) is 1. The zero-order valence-corrected chi connectivity index (χ0v) is 10.1. The molecule has 1 fully saturated rings. The Balaban J connectivity index is 0. The van der Waals surface area contributed by atoms with Gasteiger partial charge in [0.1, 0.15) is 0 Å². The summed E-state index contributed by atoms with van der Waals surface area (Å²) in [4.78, 5) is 22.7. The third-order valence-corrected chi connectivity index (χ3v) is 1.47. The minimum atomic E-state index is -0.0255. The van der Waals surface area contributed by atoms with E-state index in [0.29, 0.717) is 19.4 Å². The molecule has 1 saturated heterocycles. The number of hydrogen-bond donors (Lipinski definition) is 0. The molecule has 0 spiro atoms. The van der Waals surface area contributed by atoms with Gasteiger partial charge in [-0.15, -0.1) is 0 Å². The van der Waals surface area contributed by atoms with Gasteiger partial charge in [0.25, 0.3) is 0 Å². The Kier molecular flexibility index (Phi) is 11.4. The molecule has 0 unspecified atom stereocenters. The summed E-state index contributed by atoms with van der Waals surface area (Å²) in [6.45, 7) is 10.6. The van der Waals surface area contributed by atoms with Gasteiger partial charge >= 0.3 is 0 Å². The van der Waals surface area contributed by atoms with Crippen molar-refractivity contribution >= 4 is 11.8 Å². The number of amides is 2. The minimum absolute atomic E-state index is 0.0255. The summed E-state index contributed by atoms with van der Waals surface area (Å²) in [6, 6.07) is 0. The zero-order valence-electron chi connectivity index (χ0n) is 10.1. The number of carbonyl (C=O) groups is 2. The molecule has 2 amide bonds. The highest BCUT2D eigenvalue weighted by molar-refractivity contribution is 6.01. The fraction of sp³-hybridized carbons (Fsp3) is 0.818. The van der Waals surface area contributed by atoms with Crippen LogP contribution in [0.3, 0.4) is 0 Å². The second kappa shape index (κ2) is 10.2. The maximum atomic E-state index is 10.7. The first-order chi connectivity index (χ1) is 6.67. The number of likely N-dealkylation sites (tertiary alicyclic amines) is 1. The van der Waals surface area contributed by atoms with Crippen LogP contribution in [0.5, 0.6) is 0 Å². The molecule has 14 heavy (non-hydrogen) atoms. The number of imide groups is 1. The molecule has 1 heterocycles. The van der Waals surface area contributed by atoms with Gasteiger partial charge in [0.2, 0.25) is 11.8 Å². The Hall–Kier alpha value is -0.860. The van der Waals surface area contributed by atoms with Crippen LogP contribution in [-0.2, 0) is 9.59 Å². The first kappa shape index (κ1) is 15.6. The van der Waals surface area contributed by atoms with Crippen LogP contribution in [0.4, 0.5) is 0 Å². The van der Waals surface area contributed by atoms with Crippen molar-refractivity contribution in [3.8, 4) is 0 Å². The third-order valence-electron chi connectivity index (χ3n) is 1.47. The Labute approximate surface area is 87.5 Å². The lowest BCUT2D eigenvalue weighted by molar-refractivity contribution is -0.138. The van der Waals surface area contributed by atoms with Gasteiger partial charge in [-0.25, -0.2) is 0 Å². The van der Waals surface area contributed by atoms with Gasteiger partial charge in [0.05, 0.1) is 0 Å². The van der Waals surface area contributed by atoms with Crippen molar-refractivity contribution in [1.82, 2.24) is 4.90 Å². The van der Waals surface area contributed by atoms with Crippen LogP contribution in [-0.4, -0.2) is 23.3 Å². The second-order valence-corrected chi connectivity index (χ2v) is 2.74. The summed E-state index contributed by atoms with van der Waals surface area (Å²) >= 11 is 0. The summed E-state index contributed by atoms with van der Waals surface area (Å²) in [5.74, 6) is -0.0509. The van der Waals surface area contributed by atoms with E-state index in [4.69, 9.17) is 0 Å². The first-order valence-electron chi connectivity index (χ1n) is 5.50. The molecule has 0 aliphatic carbocycles. The average Bonchev–Trinajstić information content (AvgIpc) is 2.50. The summed E-state index contributed by atoms with van der Waals surface area (Å²) in [7, 11) is 0. The maximum Gasteiger partial charge on any atom is 0.229 e. The number of rotatable bonds is 1. The van der Waals surface area contributed by atoms with E-state index in [2.05, 4.69) is 13.8 Å². The molecule has 3 heteroatoms. The molecule has 3 nitrogen and oxygen atoms in total. The van der Waals surface area contributed by atoms with Gasteiger partial charge in [0, 0.05) is 19.4 Å². The Morgan fingerprint density at radius 1 is 1.00 bits per heavy atom. The van der Waals surface area contributed by atoms with Crippen molar-refractivity contribution in [2.75, 3.05) is 6.54 Å². The topological polar surface area (TPSA) is 37.4 Å². The van der Waals surface area contributed by atoms with Crippen molar-refractivity contribution in [1.29, 1.82) is 0 Å². The van der Waals surface area contributed by atoms with Gasteiger partial charge in [-0.05, 0) is 6.92 Å². The Morgan fingerprint density at radius 3 is 1.43 bits per heavy atom. The van der Waals surface area contributed by atoms with Gasteiger partial charge in [-0.3, -0.25) is 14.5 Å². The monoisotopic (exact) mass is 201 g/mol. The molecule has 1 rings (SSSR count). The lowest BCUT2D eigenvalue weighted by atomic mass is 10.4. The number of hydrogen-bond acceptors (Lipinski definition) is 2. The minimum Gasteiger partial charge on any atom is -0.283 e. The summed E-state index contributed by atoms with van der Waals surface area (Å²) < 4.78 is 0. The third kappa shape index (κ3) is 5.73. The molecular formula is C11H23NO2. The van der Waals surface area contributed by atoms with E-state index in [9.17, 15) is 9.59 Å². The quantitative estimate of drug-likeness (QED) is 0.611. The highest BCUT2D eigenvalue weighted by Gasteiger charge is 2.26. The highest BCUT2D eigenvalue weighted by atomic mass is 16.2. The van der Waals surface area contributed by atoms with E-state index >= 15 is 0 Å². The van der Waals surface area contributed by atoms with Crippen LogP contribution in [0, 0.1) is 0 Å². The second-order valence-electron chi connectivity index (χ2n) is 2.74. The number of carbonyl (C=O) groups excluding carboxylic acids is 2.